The van der Waals surface area contributed by atoms with Crippen LogP contribution < -0.4 is 0 Å². The highest BCUT2D eigenvalue weighted by atomic mass is 32.1. The van der Waals surface area contributed by atoms with Crippen LogP contribution in [0.1, 0.15) is 16.7 Å². The SMILES string of the molecule is Cc1ccc(C#Cc2ccnc(O)c2)c2nsnc12. The minimum Gasteiger partial charge on any atom is -0.493 e. The van der Waals surface area contributed by atoms with Crippen molar-refractivity contribution < 1.29 is 5.11 Å². The zero-order valence-corrected chi connectivity index (χ0v) is 10.9. The Balaban J connectivity index is 2.08. The van der Waals surface area contributed by atoms with Gasteiger partial charge in [0.05, 0.1) is 17.3 Å². The number of nitrogens with zero attached hydrogens (tertiary/aromatic N) is 3. The fourth-order valence-corrected chi connectivity index (χ4v) is 2.35. The van der Waals surface area contributed by atoms with Crippen LogP contribution in [0.3, 0.4) is 0 Å². The first kappa shape index (κ1) is 11.6. The molecule has 0 fully saturated rings. The van der Waals surface area contributed by atoms with E-state index in [-0.39, 0.29) is 5.88 Å². The van der Waals surface area contributed by atoms with Gasteiger partial charge in [0.15, 0.2) is 0 Å². The van der Waals surface area contributed by atoms with Crippen LogP contribution >= 0.6 is 11.7 Å². The number of aromatic nitrogens is 3. The minimum absolute atomic E-state index is 0.0313. The van der Waals surface area contributed by atoms with Crippen molar-refractivity contribution in [3.05, 3.63) is 47.2 Å². The van der Waals surface area contributed by atoms with E-state index < -0.39 is 0 Å². The van der Waals surface area contributed by atoms with Gasteiger partial charge in [0.25, 0.3) is 0 Å². The van der Waals surface area contributed by atoms with Crippen LogP contribution in [0.25, 0.3) is 11.0 Å². The Morgan fingerprint density at radius 3 is 2.79 bits per heavy atom. The number of benzene rings is 1. The van der Waals surface area contributed by atoms with Gasteiger partial charge >= 0.3 is 0 Å². The highest BCUT2D eigenvalue weighted by Crippen LogP contribution is 2.19. The lowest BCUT2D eigenvalue weighted by atomic mass is 10.1. The number of aromatic hydroxyl groups is 1. The summed E-state index contributed by atoms with van der Waals surface area (Å²) in [5.41, 5.74) is 4.37. The van der Waals surface area contributed by atoms with Gasteiger partial charge in [0.2, 0.25) is 5.88 Å². The van der Waals surface area contributed by atoms with Gasteiger partial charge in [-0.1, -0.05) is 17.9 Å². The van der Waals surface area contributed by atoms with Crippen molar-refractivity contribution in [2.45, 2.75) is 6.92 Å². The van der Waals surface area contributed by atoms with Crippen molar-refractivity contribution >= 4 is 22.8 Å². The summed E-state index contributed by atoms with van der Waals surface area (Å²) < 4.78 is 8.54. The van der Waals surface area contributed by atoms with Crippen LogP contribution in [-0.4, -0.2) is 18.8 Å². The van der Waals surface area contributed by atoms with Crippen molar-refractivity contribution in [2.75, 3.05) is 0 Å². The largest absolute Gasteiger partial charge is 0.493 e. The van der Waals surface area contributed by atoms with Crippen LogP contribution in [0.2, 0.25) is 0 Å². The lowest BCUT2D eigenvalue weighted by molar-refractivity contribution is 0.453. The van der Waals surface area contributed by atoms with E-state index in [1.165, 1.54) is 24.0 Å². The minimum atomic E-state index is -0.0313. The molecule has 3 aromatic rings. The molecule has 0 saturated carbocycles. The summed E-state index contributed by atoms with van der Waals surface area (Å²) in [6, 6.07) is 7.19. The van der Waals surface area contributed by atoms with Crippen LogP contribution in [0, 0.1) is 18.8 Å². The van der Waals surface area contributed by atoms with Gasteiger partial charge in [-0.05, 0) is 24.6 Å². The molecular formula is C14H9N3OS. The Hall–Kier alpha value is -2.45. The molecule has 5 heteroatoms. The summed E-state index contributed by atoms with van der Waals surface area (Å²) in [7, 11) is 0. The molecule has 0 aliphatic carbocycles. The normalized spacial score (nSPS) is 10.2. The van der Waals surface area contributed by atoms with E-state index >= 15 is 0 Å². The van der Waals surface area contributed by atoms with Crippen LogP contribution in [-0.2, 0) is 0 Å². The first-order chi connectivity index (χ1) is 9.24. The maximum Gasteiger partial charge on any atom is 0.211 e. The molecule has 4 nitrogen and oxygen atoms in total. The lowest BCUT2D eigenvalue weighted by Gasteiger charge is -1.95. The Morgan fingerprint density at radius 1 is 1.11 bits per heavy atom. The van der Waals surface area contributed by atoms with Crippen molar-refractivity contribution in [1.29, 1.82) is 0 Å². The van der Waals surface area contributed by atoms with Crippen molar-refractivity contribution in [3.63, 3.8) is 0 Å². The molecule has 92 valence electrons. The summed E-state index contributed by atoms with van der Waals surface area (Å²) in [5.74, 6) is 6.02. The molecule has 2 heterocycles. The Kier molecular flexibility index (Phi) is 2.86. The maximum absolute atomic E-state index is 9.29. The van der Waals surface area contributed by atoms with Crippen molar-refractivity contribution in [2.24, 2.45) is 0 Å². The smallest absolute Gasteiger partial charge is 0.211 e. The molecule has 0 atom stereocenters. The molecule has 0 aliphatic heterocycles. The number of aryl methyl sites for hydroxylation is 1. The molecule has 0 aliphatic rings. The molecule has 0 unspecified atom stereocenters. The Bertz CT molecular complexity index is 814. The highest BCUT2D eigenvalue weighted by Gasteiger charge is 2.05. The van der Waals surface area contributed by atoms with E-state index in [9.17, 15) is 5.11 Å². The Morgan fingerprint density at radius 2 is 1.95 bits per heavy atom. The average Bonchev–Trinajstić information content (AvgIpc) is 2.88. The van der Waals surface area contributed by atoms with E-state index in [1.807, 2.05) is 19.1 Å². The average molecular weight is 267 g/mol. The monoisotopic (exact) mass is 267 g/mol. The Labute approximate surface area is 114 Å². The van der Waals surface area contributed by atoms with E-state index in [4.69, 9.17) is 0 Å². The molecule has 3 rings (SSSR count). The van der Waals surface area contributed by atoms with Gasteiger partial charge in [0, 0.05) is 17.8 Å². The zero-order valence-electron chi connectivity index (χ0n) is 10.1. The van der Waals surface area contributed by atoms with Crippen LogP contribution in [0.15, 0.2) is 30.5 Å². The first-order valence-corrected chi connectivity index (χ1v) is 6.36. The number of fused-ring (bicyclic) bond motifs is 1. The third kappa shape index (κ3) is 2.26. The number of pyridine rings is 1. The molecule has 0 spiro atoms. The predicted octanol–water partition coefficient (Wildman–Crippen LogP) is 2.50. The summed E-state index contributed by atoms with van der Waals surface area (Å²) >= 11 is 1.19. The number of hydrogen-bond acceptors (Lipinski definition) is 5. The summed E-state index contributed by atoms with van der Waals surface area (Å²) in [6.45, 7) is 2.00. The van der Waals surface area contributed by atoms with Gasteiger partial charge in [0.1, 0.15) is 11.0 Å². The molecular weight excluding hydrogens is 258 g/mol. The standard InChI is InChI=1S/C14H9N3OS/c1-9-2-4-11(14-13(9)16-19-17-14)5-3-10-6-7-15-12(18)8-10/h2,4,6-8H,1H3,(H,15,18). The van der Waals surface area contributed by atoms with E-state index in [0.29, 0.717) is 5.56 Å². The second kappa shape index (κ2) is 4.67. The van der Waals surface area contributed by atoms with Gasteiger partial charge < -0.3 is 5.11 Å². The molecule has 0 radical (unpaired) electrons. The van der Waals surface area contributed by atoms with Gasteiger partial charge in [-0.25, -0.2) is 4.98 Å². The molecule has 0 bridgehead atoms. The van der Waals surface area contributed by atoms with Crippen molar-refractivity contribution in [1.82, 2.24) is 13.7 Å². The van der Waals surface area contributed by atoms with E-state index in [1.54, 1.807) is 6.07 Å². The second-order valence-corrected chi connectivity index (χ2v) is 4.57. The molecule has 0 amide bonds. The first-order valence-electron chi connectivity index (χ1n) is 5.63. The molecule has 1 aromatic carbocycles. The third-order valence-corrected chi connectivity index (χ3v) is 3.23. The number of hydrogen-bond donors (Lipinski definition) is 1. The zero-order chi connectivity index (χ0) is 13.2. The second-order valence-electron chi connectivity index (χ2n) is 4.04. The summed E-state index contributed by atoms with van der Waals surface area (Å²) in [5, 5.41) is 9.29. The summed E-state index contributed by atoms with van der Waals surface area (Å²) in [4.78, 5) is 3.72. The molecule has 0 saturated heterocycles. The van der Waals surface area contributed by atoms with Gasteiger partial charge in [-0.15, -0.1) is 0 Å². The predicted molar refractivity (Wildman–Crippen MR) is 74.0 cm³/mol. The molecule has 2 aromatic heterocycles. The topological polar surface area (TPSA) is 58.9 Å². The van der Waals surface area contributed by atoms with Crippen LogP contribution in [0.4, 0.5) is 0 Å². The third-order valence-electron chi connectivity index (χ3n) is 2.70. The maximum atomic E-state index is 9.29. The fourth-order valence-electron chi connectivity index (χ4n) is 1.73. The fraction of sp³-hybridized carbons (Fsp3) is 0.0714. The van der Waals surface area contributed by atoms with Gasteiger partial charge in [-0.2, -0.15) is 8.75 Å². The van der Waals surface area contributed by atoms with E-state index in [0.717, 1.165) is 22.2 Å². The quantitative estimate of drug-likeness (QED) is 0.636. The lowest BCUT2D eigenvalue weighted by Crippen LogP contribution is -1.83. The van der Waals surface area contributed by atoms with Gasteiger partial charge in [-0.3, -0.25) is 0 Å². The summed E-state index contributed by atoms with van der Waals surface area (Å²) in [6.07, 6.45) is 1.52. The van der Waals surface area contributed by atoms with E-state index in [2.05, 4.69) is 25.6 Å². The molecule has 1 N–H and O–H groups in total. The molecule has 19 heavy (non-hydrogen) atoms. The van der Waals surface area contributed by atoms with Crippen LogP contribution in [0.5, 0.6) is 5.88 Å². The van der Waals surface area contributed by atoms with Crippen molar-refractivity contribution in [3.8, 4) is 17.7 Å². The highest BCUT2D eigenvalue weighted by molar-refractivity contribution is 7.00. The number of rotatable bonds is 0.